The van der Waals surface area contributed by atoms with E-state index in [1.54, 1.807) is 0 Å². The molecule has 2 aromatic rings. The molecule has 0 bridgehead atoms. The molecule has 2 rings (SSSR count). The third-order valence-corrected chi connectivity index (χ3v) is 3.72. The second-order valence-electron chi connectivity index (χ2n) is 4.25. The van der Waals surface area contributed by atoms with E-state index in [1.807, 2.05) is 30.3 Å². The van der Waals surface area contributed by atoms with Crippen molar-refractivity contribution >= 4 is 39.1 Å². The van der Waals surface area contributed by atoms with Crippen LogP contribution in [0.5, 0.6) is 0 Å². The Kier molecular flexibility index (Phi) is 5.28. The second kappa shape index (κ2) is 6.76. The summed E-state index contributed by atoms with van der Waals surface area (Å²) in [4.78, 5) is 0. The van der Waals surface area contributed by atoms with Crippen LogP contribution in [0, 0.1) is 0 Å². The third-order valence-electron chi connectivity index (χ3n) is 2.81. The van der Waals surface area contributed by atoms with Crippen LogP contribution in [0.1, 0.15) is 24.1 Å². The Morgan fingerprint density at radius 3 is 2.42 bits per heavy atom. The molecule has 1 unspecified atom stereocenters. The molecule has 0 amide bonds. The lowest BCUT2D eigenvalue weighted by molar-refractivity contribution is 0.630. The van der Waals surface area contributed by atoms with Gasteiger partial charge < -0.3 is 5.32 Å². The van der Waals surface area contributed by atoms with Crippen molar-refractivity contribution in [1.82, 2.24) is 5.32 Å². The van der Waals surface area contributed by atoms with Crippen LogP contribution in [-0.2, 0) is 0 Å². The molecular formula is C15H14BrCl2N. The van der Waals surface area contributed by atoms with Crippen molar-refractivity contribution in [2.75, 3.05) is 6.54 Å². The molecule has 1 nitrogen and oxygen atoms in total. The lowest BCUT2D eigenvalue weighted by Crippen LogP contribution is -2.22. The molecule has 0 aliphatic carbocycles. The molecule has 4 heteroatoms. The van der Waals surface area contributed by atoms with Crippen molar-refractivity contribution in [3.8, 4) is 0 Å². The van der Waals surface area contributed by atoms with Crippen molar-refractivity contribution in [2.45, 2.75) is 13.0 Å². The van der Waals surface area contributed by atoms with Gasteiger partial charge in [-0.15, -0.1) is 0 Å². The first-order chi connectivity index (χ1) is 9.10. The molecule has 2 aromatic carbocycles. The molecule has 0 saturated heterocycles. The Balaban J connectivity index is 2.44. The molecule has 0 aromatic heterocycles. The summed E-state index contributed by atoms with van der Waals surface area (Å²) in [6.07, 6.45) is 0. The van der Waals surface area contributed by atoms with Gasteiger partial charge in [0.1, 0.15) is 0 Å². The summed E-state index contributed by atoms with van der Waals surface area (Å²) in [7, 11) is 0. The topological polar surface area (TPSA) is 12.0 Å². The molecule has 0 saturated carbocycles. The summed E-state index contributed by atoms with van der Waals surface area (Å²) < 4.78 is 0.972. The van der Waals surface area contributed by atoms with Crippen molar-refractivity contribution in [3.05, 3.63) is 68.1 Å². The number of hydrogen-bond acceptors (Lipinski definition) is 1. The second-order valence-corrected chi connectivity index (χ2v) is 6.04. The molecule has 1 N–H and O–H groups in total. The van der Waals surface area contributed by atoms with Crippen LogP contribution in [0.25, 0.3) is 0 Å². The normalized spacial score (nSPS) is 12.4. The van der Waals surface area contributed by atoms with Gasteiger partial charge in [-0.2, -0.15) is 0 Å². The number of nitrogens with one attached hydrogen (secondary N) is 1. The fourth-order valence-electron chi connectivity index (χ4n) is 2.06. The molecule has 1 atom stereocenters. The van der Waals surface area contributed by atoms with Gasteiger partial charge in [-0.1, -0.05) is 58.2 Å². The Morgan fingerprint density at radius 2 is 1.79 bits per heavy atom. The minimum absolute atomic E-state index is 0.0821. The highest BCUT2D eigenvalue weighted by Gasteiger charge is 2.14. The number of halogens is 3. The summed E-state index contributed by atoms with van der Waals surface area (Å²) >= 11 is 15.7. The predicted molar refractivity (Wildman–Crippen MR) is 86.1 cm³/mol. The van der Waals surface area contributed by atoms with Crippen LogP contribution >= 0.6 is 39.1 Å². The Morgan fingerprint density at radius 1 is 1.05 bits per heavy atom. The van der Waals surface area contributed by atoms with Crippen molar-refractivity contribution in [3.63, 3.8) is 0 Å². The van der Waals surface area contributed by atoms with Crippen LogP contribution in [-0.4, -0.2) is 6.54 Å². The average molecular weight is 359 g/mol. The van der Waals surface area contributed by atoms with E-state index in [0.717, 1.165) is 27.2 Å². The predicted octanol–water partition coefficient (Wildman–Crippen LogP) is 5.45. The van der Waals surface area contributed by atoms with Gasteiger partial charge in [0.2, 0.25) is 0 Å². The summed E-state index contributed by atoms with van der Waals surface area (Å²) in [6.45, 7) is 2.94. The van der Waals surface area contributed by atoms with Crippen LogP contribution in [0.2, 0.25) is 10.0 Å². The largest absolute Gasteiger partial charge is 0.307 e. The molecule has 0 heterocycles. The summed E-state index contributed by atoms with van der Waals surface area (Å²) in [5.41, 5.74) is 2.24. The zero-order valence-electron chi connectivity index (χ0n) is 10.5. The Bertz CT molecular complexity index is 552. The van der Waals surface area contributed by atoms with Gasteiger partial charge in [-0.25, -0.2) is 0 Å². The SMILES string of the molecule is CCNC(c1cccc(Cl)c1)c1cc(Cl)cc(Br)c1. The lowest BCUT2D eigenvalue weighted by Gasteiger charge is -2.20. The van der Waals surface area contributed by atoms with Crippen LogP contribution in [0.4, 0.5) is 0 Å². The highest BCUT2D eigenvalue weighted by Crippen LogP contribution is 2.29. The molecule has 0 spiro atoms. The minimum Gasteiger partial charge on any atom is -0.307 e. The van der Waals surface area contributed by atoms with Gasteiger partial charge in [0.15, 0.2) is 0 Å². The summed E-state index contributed by atoms with van der Waals surface area (Å²) in [5.74, 6) is 0. The van der Waals surface area contributed by atoms with Gasteiger partial charge in [0, 0.05) is 14.5 Å². The maximum atomic E-state index is 6.13. The first kappa shape index (κ1) is 14.9. The van der Waals surface area contributed by atoms with Gasteiger partial charge in [-0.3, -0.25) is 0 Å². The highest BCUT2D eigenvalue weighted by molar-refractivity contribution is 9.10. The Labute approximate surface area is 132 Å². The van der Waals surface area contributed by atoms with Gasteiger partial charge >= 0.3 is 0 Å². The van der Waals surface area contributed by atoms with Gasteiger partial charge in [0.25, 0.3) is 0 Å². The third kappa shape index (κ3) is 3.96. The first-order valence-corrected chi connectivity index (χ1v) is 7.60. The lowest BCUT2D eigenvalue weighted by atomic mass is 9.99. The van der Waals surface area contributed by atoms with Crippen molar-refractivity contribution < 1.29 is 0 Å². The number of rotatable bonds is 4. The molecule has 0 fully saturated rings. The standard InChI is InChI=1S/C15H14BrCl2N/c1-2-19-15(10-4-3-5-13(17)7-10)11-6-12(16)9-14(18)8-11/h3-9,15,19H,2H2,1H3. The van der Waals surface area contributed by atoms with Gasteiger partial charge in [0.05, 0.1) is 6.04 Å². The maximum Gasteiger partial charge on any atom is 0.0578 e. The zero-order valence-corrected chi connectivity index (χ0v) is 13.6. The van der Waals surface area contributed by atoms with E-state index >= 15 is 0 Å². The maximum absolute atomic E-state index is 6.13. The van der Waals surface area contributed by atoms with E-state index in [-0.39, 0.29) is 6.04 Å². The molecule has 100 valence electrons. The molecule has 0 radical (unpaired) electrons. The summed E-state index contributed by atoms with van der Waals surface area (Å²) in [6, 6.07) is 13.9. The van der Waals surface area contributed by atoms with Crippen molar-refractivity contribution in [2.24, 2.45) is 0 Å². The van der Waals surface area contributed by atoms with Crippen LogP contribution in [0.15, 0.2) is 46.9 Å². The number of benzene rings is 2. The molecular weight excluding hydrogens is 345 g/mol. The molecule has 0 aliphatic rings. The fraction of sp³-hybridized carbons (Fsp3) is 0.200. The van der Waals surface area contributed by atoms with E-state index in [1.165, 1.54) is 0 Å². The van der Waals surface area contributed by atoms with E-state index in [4.69, 9.17) is 23.2 Å². The van der Waals surface area contributed by atoms with Crippen molar-refractivity contribution in [1.29, 1.82) is 0 Å². The monoisotopic (exact) mass is 357 g/mol. The quantitative estimate of drug-likeness (QED) is 0.765. The number of hydrogen-bond donors (Lipinski definition) is 1. The Hall–Kier alpha value is -0.540. The zero-order chi connectivity index (χ0) is 13.8. The van der Waals surface area contributed by atoms with E-state index < -0.39 is 0 Å². The average Bonchev–Trinajstić information content (AvgIpc) is 2.34. The summed E-state index contributed by atoms with van der Waals surface area (Å²) in [5, 5.41) is 4.91. The van der Waals surface area contributed by atoms with E-state index in [2.05, 4.69) is 40.3 Å². The van der Waals surface area contributed by atoms with Crippen LogP contribution in [0.3, 0.4) is 0 Å². The highest BCUT2D eigenvalue weighted by atomic mass is 79.9. The molecule has 0 aliphatic heterocycles. The van der Waals surface area contributed by atoms with Crippen LogP contribution < -0.4 is 5.32 Å². The smallest absolute Gasteiger partial charge is 0.0578 e. The fourth-order valence-corrected chi connectivity index (χ4v) is 3.15. The minimum atomic E-state index is 0.0821. The van der Waals surface area contributed by atoms with Gasteiger partial charge in [-0.05, 0) is 48.0 Å². The van der Waals surface area contributed by atoms with E-state index in [9.17, 15) is 0 Å². The molecule has 19 heavy (non-hydrogen) atoms. The van der Waals surface area contributed by atoms with E-state index in [0.29, 0.717) is 5.02 Å². The first-order valence-electron chi connectivity index (χ1n) is 6.05.